The SMILES string of the molecule is CCCC12CNCC(C(=O)CN3C(=O)N(C)C(C)(CCc4ccccc4)C3=O)C1C2CC. The number of carbonyl (C=O) groups excluding carboxylic acids is 3. The molecule has 1 aromatic rings. The number of rotatable bonds is 9. The number of hydrogen-bond acceptors (Lipinski definition) is 4. The van der Waals surface area contributed by atoms with Crippen molar-refractivity contribution in [2.24, 2.45) is 23.2 Å². The van der Waals surface area contributed by atoms with Crippen LogP contribution in [0.15, 0.2) is 30.3 Å². The second-order valence-electron chi connectivity index (χ2n) is 10.2. The third-order valence-electron chi connectivity index (χ3n) is 8.57. The Morgan fingerprint density at radius 2 is 1.88 bits per heavy atom. The van der Waals surface area contributed by atoms with Gasteiger partial charge >= 0.3 is 6.03 Å². The van der Waals surface area contributed by atoms with Crippen LogP contribution in [0.1, 0.15) is 52.0 Å². The maximum absolute atomic E-state index is 13.4. The third-order valence-corrected chi connectivity index (χ3v) is 8.57. The maximum Gasteiger partial charge on any atom is 0.327 e. The van der Waals surface area contributed by atoms with Gasteiger partial charge in [0.2, 0.25) is 0 Å². The van der Waals surface area contributed by atoms with Crippen LogP contribution in [0.25, 0.3) is 0 Å². The number of nitrogens with one attached hydrogen (secondary N) is 1. The molecule has 3 amide bonds. The van der Waals surface area contributed by atoms with E-state index in [1.807, 2.05) is 37.3 Å². The largest absolute Gasteiger partial charge is 0.327 e. The summed E-state index contributed by atoms with van der Waals surface area (Å²) >= 11 is 0. The van der Waals surface area contributed by atoms with Gasteiger partial charge < -0.3 is 10.2 Å². The Bertz CT molecular complexity index is 884. The molecular weight excluding hydrogens is 402 g/mol. The van der Waals surface area contributed by atoms with E-state index in [0.717, 1.165) is 31.4 Å². The van der Waals surface area contributed by atoms with Gasteiger partial charge in [0.25, 0.3) is 5.91 Å². The molecule has 174 valence electrons. The lowest BCUT2D eigenvalue weighted by atomic mass is 9.85. The van der Waals surface area contributed by atoms with E-state index in [1.54, 1.807) is 7.05 Å². The van der Waals surface area contributed by atoms with Crippen LogP contribution in [-0.4, -0.2) is 59.7 Å². The van der Waals surface area contributed by atoms with E-state index in [9.17, 15) is 14.4 Å². The number of hydrogen-bond donors (Lipinski definition) is 1. The molecule has 5 atom stereocenters. The highest BCUT2D eigenvalue weighted by atomic mass is 16.2. The number of fused-ring (bicyclic) bond motifs is 1. The summed E-state index contributed by atoms with van der Waals surface area (Å²) in [6.07, 6.45) is 4.57. The number of ketones is 1. The van der Waals surface area contributed by atoms with Gasteiger partial charge in [0.15, 0.2) is 5.78 Å². The molecule has 2 saturated heterocycles. The van der Waals surface area contributed by atoms with Crippen LogP contribution >= 0.6 is 0 Å². The van der Waals surface area contributed by atoms with Crippen molar-refractivity contribution in [2.45, 2.75) is 58.4 Å². The molecule has 2 aliphatic heterocycles. The predicted molar refractivity (Wildman–Crippen MR) is 124 cm³/mol. The lowest BCUT2D eigenvalue weighted by Crippen LogP contribution is -2.47. The summed E-state index contributed by atoms with van der Waals surface area (Å²) in [5, 5.41) is 3.49. The summed E-state index contributed by atoms with van der Waals surface area (Å²) < 4.78 is 0. The molecule has 3 fully saturated rings. The lowest BCUT2D eigenvalue weighted by molar-refractivity contribution is -0.136. The van der Waals surface area contributed by atoms with Crippen molar-refractivity contribution in [2.75, 3.05) is 26.7 Å². The molecule has 1 saturated carbocycles. The number of imide groups is 1. The van der Waals surface area contributed by atoms with E-state index >= 15 is 0 Å². The Kier molecular flexibility index (Phi) is 6.19. The quantitative estimate of drug-likeness (QED) is 0.598. The van der Waals surface area contributed by atoms with E-state index in [1.165, 1.54) is 9.80 Å². The monoisotopic (exact) mass is 439 g/mol. The molecule has 1 aliphatic carbocycles. The minimum absolute atomic E-state index is 0.0287. The first-order valence-corrected chi connectivity index (χ1v) is 12.2. The molecule has 1 N–H and O–H groups in total. The number of nitrogens with zero attached hydrogens (tertiary/aromatic N) is 2. The number of benzene rings is 1. The molecule has 5 unspecified atom stereocenters. The first-order valence-electron chi connectivity index (χ1n) is 12.2. The summed E-state index contributed by atoms with van der Waals surface area (Å²) in [5.41, 5.74) is 0.439. The molecule has 4 rings (SSSR count). The number of likely N-dealkylation sites (N-methyl/N-ethyl adjacent to an activating group) is 1. The Hall–Kier alpha value is -2.21. The number of amides is 3. The zero-order valence-corrected chi connectivity index (χ0v) is 19.9. The number of Topliss-reactive ketones (excluding diaryl/α,β-unsaturated/α-hetero) is 1. The Morgan fingerprint density at radius 3 is 2.53 bits per heavy atom. The first-order chi connectivity index (χ1) is 15.3. The van der Waals surface area contributed by atoms with Crippen molar-refractivity contribution in [1.82, 2.24) is 15.1 Å². The summed E-state index contributed by atoms with van der Waals surface area (Å²) in [6.45, 7) is 7.77. The zero-order chi connectivity index (χ0) is 23.1. The second kappa shape index (κ2) is 8.62. The Labute approximate surface area is 191 Å². The molecule has 0 bridgehead atoms. The van der Waals surface area contributed by atoms with Crippen molar-refractivity contribution in [3.8, 4) is 0 Å². The minimum atomic E-state index is -0.921. The topological polar surface area (TPSA) is 69.7 Å². The molecule has 32 heavy (non-hydrogen) atoms. The van der Waals surface area contributed by atoms with E-state index in [0.29, 0.717) is 31.2 Å². The van der Waals surface area contributed by atoms with Crippen molar-refractivity contribution in [3.05, 3.63) is 35.9 Å². The molecule has 0 radical (unpaired) electrons. The maximum atomic E-state index is 13.4. The lowest BCUT2D eigenvalue weighted by Gasteiger charge is -2.29. The van der Waals surface area contributed by atoms with E-state index < -0.39 is 5.54 Å². The van der Waals surface area contributed by atoms with Gasteiger partial charge in [0.1, 0.15) is 5.54 Å². The van der Waals surface area contributed by atoms with Gasteiger partial charge in [-0.1, -0.05) is 57.0 Å². The summed E-state index contributed by atoms with van der Waals surface area (Å²) in [6, 6.07) is 9.63. The smallest absolute Gasteiger partial charge is 0.315 e. The summed E-state index contributed by atoms with van der Waals surface area (Å²) in [5.74, 6) is 0.621. The van der Waals surface area contributed by atoms with Crippen molar-refractivity contribution in [3.63, 3.8) is 0 Å². The van der Waals surface area contributed by atoms with E-state index in [4.69, 9.17) is 0 Å². The highest BCUT2D eigenvalue weighted by Crippen LogP contribution is 2.67. The number of carbonyl (C=O) groups is 3. The molecule has 6 heteroatoms. The van der Waals surface area contributed by atoms with Crippen molar-refractivity contribution in [1.29, 1.82) is 0 Å². The number of urea groups is 1. The average Bonchev–Trinajstić information content (AvgIpc) is 3.43. The van der Waals surface area contributed by atoms with Gasteiger partial charge in [0, 0.05) is 26.1 Å². The fraction of sp³-hybridized carbons (Fsp3) is 0.654. The van der Waals surface area contributed by atoms with Gasteiger partial charge in [-0.15, -0.1) is 0 Å². The summed E-state index contributed by atoms with van der Waals surface area (Å²) in [4.78, 5) is 42.5. The Morgan fingerprint density at radius 1 is 1.16 bits per heavy atom. The fourth-order valence-corrected chi connectivity index (χ4v) is 6.64. The second-order valence-corrected chi connectivity index (χ2v) is 10.2. The van der Waals surface area contributed by atoms with Crippen molar-refractivity contribution < 1.29 is 14.4 Å². The minimum Gasteiger partial charge on any atom is -0.315 e. The van der Waals surface area contributed by atoms with E-state index in [-0.39, 0.29) is 35.6 Å². The molecule has 2 heterocycles. The summed E-state index contributed by atoms with van der Waals surface area (Å²) in [7, 11) is 1.68. The fourth-order valence-electron chi connectivity index (χ4n) is 6.64. The molecule has 6 nitrogen and oxygen atoms in total. The third kappa shape index (κ3) is 3.57. The molecule has 0 spiro atoms. The number of aryl methyl sites for hydroxylation is 1. The Balaban J connectivity index is 1.45. The van der Waals surface area contributed by atoms with Gasteiger partial charge in [-0.25, -0.2) is 4.79 Å². The first kappa shape index (κ1) is 23.0. The number of piperidine rings is 1. The van der Waals surface area contributed by atoms with Crippen LogP contribution in [0.4, 0.5) is 4.79 Å². The zero-order valence-electron chi connectivity index (χ0n) is 19.9. The van der Waals surface area contributed by atoms with Gasteiger partial charge in [-0.3, -0.25) is 14.5 Å². The predicted octanol–water partition coefficient (Wildman–Crippen LogP) is 3.50. The highest BCUT2D eigenvalue weighted by Gasteiger charge is 2.67. The van der Waals surface area contributed by atoms with Crippen LogP contribution < -0.4 is 5.32 Å². The van der Waals surface area contributed by atoms with Crippen LogP contribution in [0, 0.1) is 23.2 Å². The molecule has 0 aromatic heterocycles. The standard InChI is InChI=1S/C26H37N3O3/c1-5-13-26-17-27-15-19(22(26)20(26)6-2)21(30)16-29-23(31)25(3,28(4)24(29)32)14-12-18-10-8-7-9-11-18/h7-11,19-20,22,27H,5-6,12-17H2,1-4H3. The van der Waals surface area contributed by atoms with Crippen LogP contribution in [0.5, 0.6) is 0 Å². The normalized spacial score (nSPS) is 34.1. The van der Waals surface area contributed by atoms with Gasteiger partial charge in [-0.2, -0.15) is 0 Å². The highest BCUT2D eigenvalue weighted by molar-refractivity contribution is 6.09. The van der Waals surface area contributed by atoms with Crippen LogP contribution in [0.2, 0.25) is 0 Å². The molecular formula is C26H37N3O3. The van der Waals surface area contributed by atoms with E-state index in [2.05, 4.69) is 19.2 Å². The molecule has 1 aromatic carbocycles. The molecule has 3 aliphatic rings. The van der Waals surface area contributed by atoms with Crippen molar-refractivity contribution >= 4 is 17.7 Å². The van der Waals surface area contributed by atoms with Crippen LogP contribution in [0.3, 0.4) is 0 Å². The van der Waals surface area contributed by atoms with Crippen LogP contribution in [-0.2, 0) is 16.0 Å². The van der Waals surface area contributed by atoms with Gasteiger partial charge in [-0.05, 0) is 49.0 Å². The van der Waals surface area contributed by atoms with Gasteiger partial charge in [0.05, 0.1) is 6.54 Å². The average molecular weight is 440 g/mol.